The molecule has 1 saturated carbocycles. The molecule has 2 fully saturated rings. The van der Waals surface area contributed by atoms with Gasteiger partial charge in [-0.25, -0.2) is 4.98 Å². The van der Waals surface area contributed by atoms with Gasteiger partial charge < -0.3 is 15.2 Å². The molecule has 2 bridgehead atoms. The molecule has 4 unspecified atom stereocenters. The van der Waals surface area contributed by atoms with Crippen molar-refractivity contribution in [3.8, 4) is 0 Å². The number of carbonyl (C=O) groups is 2. The lowest BCUT2D eigenvalue weighted by atomic mass is 9.85. The predicted molar refractivity (Wildman–Crippen MR) is 136 cm³/mol. The minimum Gasteiger partial charge on any atom is -0.355 e. The number of aliphatic imine (C=N–C) groups is 1. The van der Waals surface area contributed by atoms with Gasteiger partial charge in [0.1, 0.15) is 0 Å². The number of benzene rings is 1. The number of guanidine groups is 1. The summed E-state index contributed by atoms with van der Waals surface area (Å²) >= 11 is 0. The first-order valence-electron chi connectivity index (χ1n) is 11.2. The minimum absolute atomic E-state index is 0. The van der Waals surface area contributed by atoms with Crippen LogP contribution in [0.4, 0.5) is 0 Å². The summed E-state index contributed by atoms with van der Waals surface area (Å²) in [6.45, 7) is 2.24. The van der Waals surface area contributed by atoms with Gasteiger partial charge in [-0.3, -0.25) is 19.5 Å². The van der Waals surface area contributed by atoms with Gasteiger partial charge in [0.2, 0.25) is 11.8 Å². The van der Waals surface area contributed by atoms with Gasteiger partial charge in [0.15, 0.2) is 5.96 Å². The maximum Gasteiger partial charge on any atom is 0.233 e. The summed E-state index contributed by atoms with van der Waals surface area (Å²) in [7, 11) is 1.71. The summed E-state index contributed by atoms with van der Waals surface area (Å²) in [5.74, 6) is 0.865. The maximum atomic E-state index is 12.8. The minimum atomic E-state index is -0.135. The number of likely N-dealkylation sites (tertiary alicyclic amines) is 1. The molecule has 2 heterocycles. The Bertz CT molecular complexity index is 1040. The molecule has 0 radical (unpaired) electrons. The van der Waals surface area contributed by atoms with E-state index in [2.05, 4.69) is 51.0 Å². The van der Waals surface area contributed by atoms with Crippen LogP contribution in [0.2, 0.25) is 0 Å². The van der Waals surface area contributed by atoms with Gasteiger partial charge in [-0.05, 0) is 29.4 Å². The number of nitrogens with zero attached hydrogens (tertiary/aromatic N) is 4. The normalized spacial score (nSPS) is 25.4. The lowest BCUT2D eigenvalue weighted by molar-refractivity contribution is -0.140. The zero-order valence-electron chi connectivity index (χ0n) is 18.6. The molecule has 2 amide bonds. The molecular formula is C24H29IN6O2. The number of hydrogen-bond donors (Lipinski definition) is 2. The van der Waals surface area contributed by atoms with Crippen molar-refractivity contribution in [3.05, 3.63) is 66.3 Å². The van der Waals surface area contributed by atoms with Crippen LogP contribution in [0.1, 0.15) is 17.5 Å². The van der Waals surface area contributed by atoms with Crippen molar-refractivity contribution in [1.82, 2.24) is 25.1 Å². The third kappa shape index (κ3) is 4.68. The van der Waals surface area contributed by atoms with Crippen molar-refractivity contribution >= 4 is 41.8 Å². The van der Waals surface area contributed by atoms with E-state index in [4.69, 9.17) is 0 Å². The van der Waals surface area contributed by atoms with E-state index in [9.17, 15) is 9.59 Å². The fourth-order valence-electron chi connectivity index (χ4n) is 5.31. The Kier molecular flexibility index (Phi) is 7.16. The Morgan fingerprint density at radius 3 is 2.52 bits per heavy atom. The Labute approximate surface area is 210 Å². The first-order chi connectivity index (χ1) is 15.6. The summed E-state index contributed by atoms with van der Waals surface area (Å²) in [5.41, 5.74) is 2.34. The van der Waals surface area contributed by atoms with E-state index in [1.165, 1.54) is 10.5 Å². The quantitative estimate of drug-likeness (QED) is 0.178. The SMILES string of the molecule is CN=C(NCCN1C(=O)C2C3C=CC(C3)C2C1=O)NCc1cccc(Cn2ccnc2)c1.I. The van der Waals surface area contributed by atoms with E-state index in [0.29, 0.717) is 25.6 Å². The molecular weight excluding hydrogens is 531 g/mol. The molecule has 4 atom stereocenters. The molecule has 8 nitrogen and oxygen atoms in total. The van der Waals surface area contributed by atoms with Gasteiger partial charge in [0.05, 0.1) is 18.2 Å². The number of halogens is 1. The van der Waals surface area contributed by atoms with Crippen LogP contribution in [0, 0.1) is 23.7 Å². The van der Waals surface area contributed by atoms with Gasteiger partial charge in [-0.15, -0.1) is 24.0 Å². The second kappa shape index (κ2) is 10.1. The van der Waals surface area contributed by atoms with Crippen molar-refractivity contribution in [1.29, 1.82) is 0 Å². The standard InChI is InChI=1S/C24H28N6O2.HI/c1-25-24(28-13-16-3-2-4-17(11-16)14-29-9-7-26-15-29)27-8-10-30-22(31)20-18-5-6-19(12-18)21(20)23(30)32;/h2-7,9,11,15,18-21H,8,10,12-14H2,1H3,(H2,25,27,28);1H. The zero-order valence-corrected chi connectivity index (χ0v) is 20.9. The number of aromatic nitrogens is 2. The fraction of sp³-hybridized carbons (Fsp3) is 0.417. The lowest BCUT2D eigenvalue weighted by Crippen LogP contribution is -2.43. The second-order valence-corrected chi connectivity index (χ2v) is 8.74. The highest BCUT2D eigenvalue weighted by atomic mass is 127. The number of fused-ring (bicyclic) bond motifs is 5. The summed E-state index contributed by atoms with van der Waals surface area (Å²) < 4.78 is 2.03. The van der Waals surface area contributed by atoms with Gasteiger partial charge in [-0.2, -0.15) is 0 Å². The number of nitrogens with one attached hydrogen (secondary N) is 2. The average Bonchev–Trinajstić information content (AvgIpc) is 3.58. The van der Waals surface area contributed by atoms with Gasteiger partial charge in [-0.1, -0.05) is 36.4 Å². The van der Waals surface area contributed by atoms with Gasteiger partial charge in [0, 0.05) is 45.6 Å². The van der Waals surface area contributed by atoms with Crippen molar-refractivity contribution in [3.63, 3.8) is 0 Å². The van der Waals surface area contributed by atoms with Crippen LogP contribution in [-0.4, -0.2) is 52.4 Å². The monoisotopic (exact) mass is 560 g/mol. The molecule has 1 aromatic carbocycles. The van der Waals surface area contributed by atoms with E-state index in [-0.39, 0.29) is 59.5 Å². The fourth-order valence-corrected chi connectivity index (χ4v) is 5.31. The Morgan fingerprint density at radius 2 is 1.85 bits per heavy atom. The summed E-state index contributed by atoms with van der Waals surface area (Å²) in [4.78, 5) is 35.4. The molecule has 3 aliphatic rings. The third-order valence-electron chi connectivity index (χ3n) is 6.79. The van der Waals surface area contributed by atoms with Crippen molar-refractivity contribution in [2.45, 2.75) is 19.5 Å². The van der Waals surface area contributed by atoms with Gasteiger partial charge in [0.25, 0.3) is 0 Å². The van der Waals surface area contributed by atoms with Crippen LogP contribution in [-0.2, 0) is 22.7 Å². The molecule has 9 heteroatoms. The molecule has 1 aromatic heterocycles. The van der Waals surface area contributed by atoms with Crippen LogP contribution >= 0.6 is 24.0 Å². The van der Waals surface area contributed by atoms with Crippen LogP contribution in [0.15, 0.2) is 60.1 Å². The molecule has 2 aliphatic carbocycles. The van der Waals surface area contributed by atoms with Gasteiger partial charge >= 0.3 is 0 Å². The zero-order chi connectivity index (χ0) is 22.1. The van der Waals surface area contributed by atoms with E-state index in [0.717, 1.165) is 18.5 Å². The van der Waals surface area contributed by atoms with Crippen LogP contribution in [0.3, 0.4) is 0 Å². The highest BCUT2D eigenvalue weighted by Gasteiger charge is 2.58. The number of imide groups is 1. The highest BCUT2D eigenvalue weighted by Crippen LogP contribution is 2.52. The van der Waals surface area contributed by atoms with E-state index >= 15 is 0 Å². The molecule has 1 aliphatic heterocycles. The third-order valence-corrected chi connectivity index (χ3v) is 6.79. The smallest absolute Gasteiger partial charge is 0.233 e. The number of amides is 2. The van der Waals surface area contributed by atoms with Crippen LogP contribution in [0.5, 0.6) is 0 Å². The second-order valence-electron chi connectivity index (χ2n) is 8.74. The van der Waals surface area contributed by atoms with Crippen LogP contribution < -0.4 is 10.6 Å². The van der Waals surface area contributed by atoms with Crippen molar-refractivity contribution in [2.24, 2.45) is 28.7 Å². The maximum absolute atomic E-state index is 12.8. The molecule has 174 valence electrons. The average molecular weight is 560 g/mol. The first kappa shape index (κ1) is 23.5. The Balaban J connectivity index is 0.00000259. The first-order valence-corrected chi connectivity index (χ1v) is 11.2. The molecule has 2 N–H and O–H groups in total. The number of imidazole rings is 1. The predicted octanol–water partition coefficient (Wildman–Crippen LogP) is 2.02. The largest absolute Gasteiger partial charge is 0.355 e. The topological polar surface area (TPSA) is 91.6 Å². The number of allylic oxidation sites excluding steroid dienone is 2. The highest BCUT2D eigenvalue weighted by molar-refractivity contribution is 14.0. The van der Waals surface area contributed by atoms with Crippen LogP contribution in [0.25, 0.3) is 0 Å². The van der Waals surface area contributed by atoms with E-state index in [1.54, 1.807) is 19.6 Å². The molecule has 2 aromatic rings. The summed E-state index contributed by atoms with van der Waals surface area (Å²) in [6.07, 6.45) is 10.7. The number of rotatable bonds is 7. The summed E-state index contributed by atoms with van der Waals surface area (Å²) in [5, 5.41) is 6.53. The molecule has 1 saturated heterocycles. The number of hydrogen-bond acceptors (Lipinski definition) is 4. The number of carbonyl (C=O) groups excluding carboxylic acids is 2. The summed E-state index contributed by atoms with van der Waals surface area (Å²) in [6, 6.07) is 8.37. The molecule has 5 rings (SSSR count). The molecule has 33 heavy (non-hydrogen) atoms. The lowest BCUT2D eigenvalue weighted by Gasteiger charge is -2.18. The van der Waals surface area contributed by atoms with E-state index < -0.39 is 0 Å². The Morgan fingerprint density at radius 1 is 1.12 bits per heavy atom. The van der Waals surface area contributed by atoms with Crippen molar-refractivity contribution in [2.75, 3.05) is 20.1 Å². The molecule has 0 spiro atoms. The van der Waals surface area contributed by atoms with E-state index in [1.807, 2.05) is 16.8 Å². The van der Waals surface area contributed by atoms with Crippen molar-refractivity contribution < 1.29 is 9.59 Å². The Hall–Kier alpha value is -2.69.